The van der Waals surface area contributed by atoms with Crippen molar-refractivity contribution in [1.29, 1.82) is 5.26 Å². The first-order valence-corrected chi connectivity index (χ1v) is 7.06. The molecule has 1 aliphatic rings. The van der Waals surface area contributed by atoms with E-state index in [1.807, 2.05) is 6.92 Å². The second kappa shape index (κ2) is 6.95. The molecule has 0 amide bonds. The van der Waals surface area contributed by atoms with Crippen molar-refractivity contribution in [2.75, 3.05) is 6.61 Å². The first-order valence-electron chi connectivity index (χ1n) is 7.06. The molecule has 0 saturated heterocycles. The van der Waals surface area contributed by atoms with Gasteiger partial charge < -0.3 is 9.47 Å². The zero-order valence-corrected chi connectivity index (χ0v) is 11.7. The third-order valence-electron chi connectivity index (χ3n) is 3.53. The average Bonchev–Trinajstić information content (AvgIpc) is 2.49. The highest BCUT2D eigenvalue weighted by Crippen LogP contribution is 2.26. The third kappa shape index (κ3) is 3.74. The second-order valence-corrected chi connectivity index (χ2v) is 4.97. The molecule has 2 rings (SSSR count). The van der Waals surface area contributed by atoms with Crippen molar-refractivity contribution in [3.05, 3.63) is 29.8 Å². The fourth-order valence-electron chi connectivity index (χ4n) is 2.38. The number of hydrogen-bond donors (Lipinski definition) is 0. The summed E-state index contributed by atoms with van der Waals surface area (Å²) < 4.78 is 10.8. The van der Waals surface area contributed by atoms with Crippen LogP contribution in [0.3, 0.4) is 0 Å². The SMILES string of the molecule is CCOc1ccc(C(=O)OC2CCC(C#N)CC2)cc1. The Labute approximate surface area is 119 Å². The molecule has 0 heterocycles. The minimum Gasteiger partial charge on any atom is -0.494 e. The number of carbonyl (C=O) groups is 1. The van der Waals surface area contributed by atoms with E-state index in [2.05, 4.69) is 6.07 Å². The van der Waals surface area contributed by atoms with Crippen LogP contribution < -0.4 is 4.74 Å². The molecule has 4 nitrogen and oxygen atoms in total. The molecule has 0 atom stereocenters. The van der Waals surface area contributed by atoms with Gasteiger partial charge in [0.15, 0.2) is 0 Å². The van der Waals surface area contributed by atoms with E-state index in [9.17, 15) is 4.79 Å². The molecule has 0 aromatic heterocycles. The van der Waals surface area contributed by atoms with Gasteiger partial charge in [0.2, 0.25) is 0 Å². The smallest absolute Gasteiger partial charge is 0.338 e. The minimum absolute atomic E-state index is 0.0568. The van der Waals surface area contributed by atoms with Gasteiger partial charge in [-0.1, -0.05) is 0 Å². The Bertz CT molecular complexity index is 481. The van der Waals surface area contributed by atoms with Crippen LogP contribution in [-0.2, 0) is 4.74 Å². The highest BCUT2D eigenvalue weighted by Gasteiger charge is 2.24. The van der Waals surface area contributed by atoms with Gasteiger partial charge >= 0.3 is 5.97 Å². The van der Waals surface area contributed by atoms with E-state index < -0.39 is 0 Å². The van der Waals surface area contributed by atoms with E-state index in [4.69, 9.17) is 14.7 Å². The van der Waals surface area contributed by atoms with Crippen molar-refractivity contribution in [2.45, 2.75) is 38.7 Å². The molecule has 106 valence electrons. The van der Waals surface area contributed by atoms with Crippen LogP contribution in [-0.4, -0.2) is 18.7 Å². The topological polar surface area (TPSA) is 59.3 Å². The maximum absolute atomic E-state index is 12.0. The number of nitrogens with zero attached hydrogens (tertiary/aromatic N) is 1. The van der Waals surface area contributed by atoms with Crippen molar-refractivity contribution in [3.8, 4) is 11.8 Å². The summed E-state index contributed by atoms with van der Waals surface area (Å²) in [7, 11) is 0. The Morgan fingerprint density at radius 1 is 1.25 bits per heavy atom. The van der Waals surface area contributed by atoms with Crippen LogP contribution in [0.2, 0.25) is 0 Å². The predicted molar refractivity (Wildman–Crippen MR) is 74.4 cm³/mol. The summed E-state index contributed by atoms with van der Waals surface area (Å²) in [6.45, 7) is 2.52. The molecule has 1 aliphatic carbocycles. The number of rotatable bonds is 4. The standard InChI is InChI=1S/C16H19NO3/c1-2-19-14-9-5-13(6-10-14)16(18)20-15-7-3-12(11-17)4-8-15/h5-6,9-10,12,15H,2-4,7-8H2,1H3. The van der Waals surface area contributed by atoms with Gasteiger partial charge in [-0.25, -0.2) is 4.79 Å². The first kappa shape index (κ1) is 14.4. The Hall–Kier alpha value is -2.02. The summed E-state index contributed by atoms with van der Waals surface area (Å²) in [5.41, 5.74) is 0.538. The van der Waals surface area contributed by atoms with Crippen molar-refractivity contribution >= 4 is 5.97 Å². The van der Waals surface area contributed by atoms with E-state index in [1.165, 1.54) is 0 Å². The lowest BCUT2D eigenvalue weighted by atomic mass is 9.88. The summed E-state index contributed by atoms with van der Waals surface area (Å²) in [5, 5.41) is 8.84. The Kier molecular flexibility index (Phi) is 5.00. The first-order chi connectivity index (χ1) is 9.72. The molecule has 0 radical (unpaired) electrons. The molecule has 4 heteroatoms. The van der Waals surface area contributed by atoms with Crippen LogP contribution in [0.4, 0.5) is 0 Å². The Morgan fingerprint density at radius 2 is 1.90 bits per heavy atom. The van der Waals surface area contributed by atoms with Gasteiger partial charge in [0, 0.05) is 5.92 Å². The lowest BCUT2D eigenvalue weighted by Gasteiger charge is -2.24. The fourth-order valence-corrected chi connectivity index (χ4v) is 2.38. The summed E-state index contributed by atoms with van der Waals surface area (Å²) in [6.07, 6.45) is 3.14. The van der Waals surface area contributed by atoms with E-state index in [1.54, 1.807) is 24.3 Å². The van der Waals surface area contributed by atoms with Crippen molar-refractivity contribution in [2.24, 2.45) is 5.92 Å². The summed E-state index contributed by atoms with van der Waals surface area (Å²) in [5.74, 6) is 0.572. The maximum atomic E-state index is 12.0. The number of hydrogen-bond acceptors (Lipinski definition) is 4. The Morgan fingerprint density at radius 3 is 2.45 bits per heavy atom. The van der Waals surface area contributed by atoms with Gasteiger partial charge in [0.25, 0.3) is 0 Å². The Balaban J connectivity index is 1.87. The van der Waals surface area contributed by atoms with Crippen LogP contribution in [0.5, 0.6) is 5.75 Å². The van der Waals surface area contributed by atoms with Gasteiger partial charge in [-0.2, -0.15) is 5.26 Å². The normalized spacial score (nSPS) is 21.8. The van der Waals surface area contributed by atoms with Crippen molar-refractivity contribution in [3.63, 3.8) is 0 Å². The fraction of sp³-hybridized carbons (Fsp3) is 0.500. The van der Waals surface area contributed by atoms with Crippen molar-refractivity contribution < 1.29 is 14.3 Å². The summed E-state index contributed by atoms with van der Waals surface area (Å²) >= 11 is 0. The largest absolute Gasteiger partial charge is 0.494 e. The lowest BCUT2D eigenvalue weighted by molar-refractivity contribution is 0.0187. The molecule has 1 saturated carbocycles. The number of benzene rings is 1. The van der Waals surface area contributed by atoms with Crippen LogP contribution in [0.1, 0.15) is 43.0 Å². The predicted octanol–water partition coefficient (Wildman–Crippen LogP) is 3.32. The monoisotopic (exact) mass is 273 g/mol. The molecule has 0 aliphatic heterocycles. The van der Waals surface area contributed by atoms with Gasteiger partial charge in [-0.15, -0.1) is 0 Å². The van der Waals surface area contributed by atoms with Crippen LogP contribution in [0.15, 0.2) is 24.3 Å². The van der Waals surface area contributed by atoms with E-state index in [-0.39, 0.29) is 18.0 Å². The lowest BCUT2D eigenvalue weighted by Crippen LogP contribution is -2.24. The molecule has 0 bridgehead atoms. The van der Waals surface area contributed by atoms with Gasteiger partial charge in [-0.05, 0) is 56.9 Å². The zero-order chi connectivity index (χ0) is 14.4. The third-order valence-corrected chi connectivity index (χ3v) is 3.53. The van der Waals surface area contributed by atoms with E-state index in [0.717, 1.165) is 31.4 Å². The number of esters is 1. The van der Waals surface area contributed by atoms with Crippen LogP contribution >= 0.6 is 0 Å². The number of carbonyl (C=O) groups excluding carboxylic acids is 1. The quantitative estimate of drug-likeness (QED) is 0.789. The van der Waals surface area contributed by atoms with Crippen LogP contribution in [0.25, 0.3) is 0 Å². The van der Waals surface area contributed by atoms with E-state index >= 15 is 0 Å². The second-order valence-electron chi connectivity index (χ2n) is 4.97. The van der Waals surface area contributed by atoms with Crippen LogP contribution in [0, 0.1) is 17.2 Å². The molecule has 0 unspecified atom stereocenters. The highest BCUT2D eigenvalue weighted by atomic mass is 16.5. The van der Waals surface area contributed by atoms with Gasteiger partial charge in [0.05, 0.1) is 18.2 Å². The van der Waals surface area contributed by atoms with E-state index in [0.29, 0.717) is 12.2 Å². The summed E-state index contributed by atoms with van der Waals surface area (Å²) in [6, 6.07) is 9.25. The molecule has 1 aromatic carbocycles. The molecular weight excluding hydrogens is 254 g/mol. The van der Waals surface area contributed by atoms with Gasteiger partial charge in [-0.3, -0.25) is 0 Å². The number of ether oxygens (including phenoxy) is 2. The molecule has 1 aromatic rings. The highest BCUT2D eigenvalue weighted by molar-refractivity contribution is 5.89. The zero-order valence-electron chi connectivity index (χ0n) is 11.7. The molecule has 20 heavy (non-hydrogen) atoms. The molecule has 0 spiro atoms. The summed E-state index contributed by atoms with van der Waals surface area (Å²) in [4.78, 5) is 12.0. The minimum atomic E-state index is -0.298. The molecule has 1 fully saturated rings. The average molecular weight is 273 g/mol. The number of nitriles is 1. The van der Waals surface area contributed by atoms with Gasteiger partial charge in [0.1, 0.15) is 11.9 Å². The molecular formula is C16H19NO3. The maximum Gasteiger partial charge on any atom is 0.338 e. The van der Waals surface area contributed by atoms with Crippen molar-refractivity contribution in [1.82, 2.24) is 0 Å². The molecule has 0 N–H and O–H groups in total.